The fourth-order valence-electron chi connectivity index (χ4n) is 1.26. The Balaban J connectivity index is 2.13. The zero-order valence-electron chi connectivity index (χ0n) is 6.38. The lowest BCUT2D eigenvalue weighted by molar-refractivity contribution is 0.132. The van der Waals surface area contributed by atoms with E-state index in [1.807, 2.05) is 0 Å². The van der Waals surface area contributed by atoms with Crippen molar-refractivity contribution in [2.45, 2.75) is 32.0 Å². The van der Waals surface area contributed by atoms with Gasteiger partial charge in [-0.3, -0.25) is 5.32 Å². The first-order valence-corrected chi connectivity index (χ1v) is 3.86. The van der Waals surface area contributed by atoms with Crippen LogP contribution in [0.4, 0.5) is 0 Å². The molecule has 1 aliphatic heterocycles. The predicted octanol–water partition coefficient (Wildman–Crippen LogP) is -0.319. The van der Waals surface area contributed by atoms with Gasteiger partial charge >= 0.3 is 0 Å². The van der Waals surface area contributed by atoms with Crippen molar-refractivity contribution in [3.05, 3.63) is 0 Å². The Hall–Kier alpha value is -0.120. The number of nitrogens with one attached hydrogen (secondary N) is 1. The lowest BCUT2D eigenvalue weighted by Gasteiger charge is -2.23. The summed E-state index contributed by atoms with van der Waals surface area (Å²) in [6.07, 6.45) is 1.78. The zero-order chi connectivity index (χ0) is 7.40. The summed E-state index contributed by atoms with van der Waals surface area (Å²) in [4.78, 5) is 0. The molecule has 0 spiro atoms. The molecule has 0 aromatic rings. The third-order valence-corrected chi connectivity index (χ3v) is 1.75. The summed E-state index contributed by atoms with van der Waals surface area (Å²) >= 11 is 0. The fraction of sp³-hybridized carbons (Fsp3) is 1.00. The molecule has 0 bridgehead atoms. The SMILES string of the molecule is CC(O)NC1CC[N]CC1. The van der Waals surface area contributed by atoms with Crippen molar-refractivity contribution >= 4 is 0 Å². The summed E-state index contributed by atoms with van der Waals surface area (Å²) in [5.74, 6) is 0. The highest BCUT2D eigenvalue weighted by molar-refractivity contribution is 4.73. The normalized spacial score (nSPS) is 24.6. The highest BCUT2D eigenvalue weighted by Gasteiger charge is 2.13. The van der Waals surface area contributed by atoms with Gasteiger partial charge in [0.2, 0.25) is 0 Å². The molecule has 59 valence electrons. The maximum atomic E-state index is 8.96. The maximum absolute atomic E-state index is 8.96. The Morgan fingerprint density at radius 2 is 2.10 bits per heavy atom. The minimum absolute atomic E-state index is 0.372. The van der Waals surface area contributed by atoms with Crippen molar-refractivity contribution in [2.24, 2.45) is 0 Å². The molecule has 1 aliphatic rings. The molecule has 0 saturated carbocycles. The van der Waals surface area contributed by atoms with Crippen molar-refractivity contribution in [1.29, 1.82) is 0 Å². The molecular formula is C7H15N2O. The van der Waals surface area contributed by atoms with E-state index in [1.165, 1.54) is 0 Å². The molecule has 0 amide bonds. The molecule has 1 saturated heterocycles. The van der Waals surface area contributed by atoms with E-state index in [4.69, 9.17) is 5.11 Å². The van der Waals surface area contributed by atoms with E-state index in [0.717, 1.165) is 25.9 Å². The average Bonchev–Trinajstić information content (AvgIpc) is 1.88. The van der Waals surface area contributed by atoms with Crippen molar-refractivity contribution in [2.75, 3.05) is 13.1 Å². The van der Waals surface area contributed by atoms with Crippen LogP contribution in [0.5, 0.6) is 0 Å². The van der Waals surface area contributed by atoms with E-state index in [-0.39, 0.29) is 6.23 Å². The molecule has 0 aliphatic carbocycles. The third kappa shape index (κ3) is 2.64. The van der Waals surface area contributed by atoms with Crippen LogP contribution in [0, 0.1) is 0 Å². The third-order valence-electron chi connectivity index (χ3n) is 1.75. The van der Waals surface area contributed by atoms with E-state index in [0.29, 0.717) is 6.04 Å². The standard InChI is InChI=1S/C7H15N2O/c1-6(10)9-7-2-4-8-5-3-7/h6-7,9-10H,2-5H2,1H3. The zero-order valence-corrected chi connectivity index (χ0v) is 6.38. The predicted molar refractivity (Wildman–Crippen MR) is 39.7 cm³/mol. The molecular weight excluding hydrogens is 128 g/mol. The van der Waals surface area contributed by atoms with Crippen molar-refractivity contribution in [3.63, 3.8) is 0 Å². The molecule has 1 atom stereocenters. The molecule has 1 heterocycles. The molecule has 0 aromatic heterocycles. The van der Waals surface area contributed by atoms with Crippen LogP contribution in [0.15, 0.2) is 0 Å². The molecule has 10 heavy (non-hydrogen) atoms. The number of aliphatic hydroxyl groups excluding tert-OH is 1. The summed E-state index contributed by atoms with van der Waals surface area (Å²) in [5, 5.41) is 16.3. The van der Waals surface area contributed by atoms with Gasteiger partial charge in [0.25, 0.3) is 0 Å². The van der Waals surface area contributed by atoms with Crippen molar-refractivity contribution < 1.29 is 5.11 Å². The summed E-state index contributed by atoms with van der Waals surface area (Å²) in [7, 11) is 0. The molecule has 3 heteroatoms. The van der Waals surface area contributed by atoms with Crippen LogP contribution in [0.1, 0.15) is 19.8 Å². The smallest absolute Gasteiger partial charge is 0.102 e. The lowest BCUT2D eigenvalue weighted by Crippen LogP contribution is -2.41. The second-order valence-electron chi connectivity index (χ2n) is 2.79. The van der Waals surface area contributed by atoms with E-state index in [1.54, 1.807) is 6.92 Å². The summed E-state index contributed by atoms with van der Waals surface area (Å²) in [6.45, 7) is 3.65. The van der Waals surface area contributed by atoms with E-state index in [9.17, 15) is 0 Å². The Labute approximate surface area is 61.8 Å². The van der Waals surface area contributed by atoms with E-state index in [2.05, 4.69) is 10.6 Å². The topological polar surface area (TPSA) is 46.4 Å². The molecule has 2 N–H and O–H groups in total. The lowest BCUT2D eigenvalue weighted by atomic mass is 10.1. The maximum Gasteiger partial charge on any atom is 0.102 e. The quantitative estimate of drug-likeness (QED) is 0.520. The van der Waals surface area contributed by atoms with Gasteiger partial charge in [-0.2, -0.15) is 0 Å². The number of hydrogen-bond donors (Lipinski definition) is 2. The van der Waals surface area contributed by atoms with Crippen LogP contribution in [-0.4, -0.2) is 30.5 Å². The molecule has 1 fully saturated rings. The van der Waals surface area contributed by atoms with E-state index >= 15 is 0 Å². The molecule has 1 radical (unpaired) electrons. The van der Waals surface area contributed by atoms with Crippen LogP contribution in [0.2, 0.25) is 0 Å². The summed E-state index contributed by atoms with van der Waals surface area (Å²) in [5.41, 5.74) is 0. The van der Waals surface area contributed by atoms with Gasteiger partial charge in [0, 0.05) is 19.1 Å². The number of piperidine rings is 1. The molecule has 1 unspecified atom stereocenters. The van der Waals surface area contributed by atoms with Crippen LogP contribution in [0.3, 0.4) is 0 Å². The van der Waals surface area contributed by atoms with Gasteiger partial charge in [-0.25, -0.2) is 5.32 Å². The van der Waals surface area contributed by atoms with Gasteiger partial charge in [0.15, 0.2) is 0 Å². The van der Waals surface area contributed by atoms with Gasteiger partial charge in [-0.1, -0.05) is 0 Å². The first-order chi connectivity index (χ1) is 4.79. The monoisotopic (exact) mass is 143 g/mol. The van der Waals surface area contributed by atoms with Gasteiger partial charge in [0.05, 0.1) is 0 Å². The van der Waals surface area contributed by atoms with Gasteiger partial charge in [-0.15, -0.1) is 0 Å². The van der Waals surface area contributed by atoms with Crippen LogP contribution >= 0.6 is 0 Å². The number of hydrogen-bond acceptors (Lipinski definition) is 2. The van der Waals surface area contributed by atoms with Gasteiger partial charge in [0.1, 0.15) is 6.23 Å². The highest BCUT2D eigenvalue weighted by Crippen LogP contribution is 2.02. The Morgan fingerprint density at radius 1 is 1.50 bits per heavy atom. The molecule has 1 rings (SSSR count). The molecule has 0 aromatic carbocycles. The van der Waals surface area contributed by atoms with Gasteiger partial charge in [-0.05, 0) is 19.8 Å². The number of nitrogens with zero attached hydrogens (tertiary/aromatic N) is 1. The van der Waals surface area contributed by atoms with Crippen molar-refractivity contribution in [1.82, 2.24) is 10.6 Å². The van der Waals surface area contributed by atoms with Crippen LogP contribution in [-0.2, 0) is 0 Å². The van der Waals surface area contributed by atoms with E-state index < -0.39 is 0 Å². The average molecular weight is 143 g/mol. The Kier molecular flexibility index (Phi) is 3.12. The Bertz CT molecular complexity index is 89.6. The number of rotatable bonds is 2. The van der Waals surface area contributed by atoms with Crippen molar-refractivity contribution in [3.8, 4) is 0 Å². The second kappa shape index (κ2) is 3.91. The first kappa shape index (κ1) is 7.98. The summed E-state index contributed by atoms with van der Waals surface area (Å²) < 4.78 is 0. The largest absolute Gasteiger partial charge is 0.379 e. The second-order valence-corrected chi connectivity index (χ2v) is 2.79. The minimum atomic E-state index is -0.372. The summed E-state index contributed by atoms with van der Waals surface area (Å²) in [6, 6.07) is 0.484. The number of aliphatic hydroxyl groups is 1. The fourth-order valence-corrected chi connectivity index (χ4v) is 1.26. The van der Waals surface area contributed by atoms with Crippen LogP contribution in [0.25, 0.3) is 0 Å². The molecule has 3 nitrogen and oxygen atoms in total. The van der Waals surface area contributed by atoms with Gasteiger partial charge < -0.3 is 5.11 Å². The Morgan fingerprint density at radius 3 is 2.60 bits per heavy atom. The first-order valence-electron chi connectivity index (χ1n) is 3.86. The highest BCUT2D eigenvalue weighted by atomic mass is 16.3. The minimum Gasteiger partial charge on any atom is -0.379 e. The van der Waals surface area contributed by atoms with Crippen LogP contribution < -0.4 is 10.6 Å².